The Kier molecular flexibility index (Phi) is 14.5. The molecule has 2 nitrogen and oxygen atoms in total. The van der Waals surface area contributed by atoms with Crippen LogP contribution in [0.2, 0.25) is 0 Å². The summed E-state index contributed by atoms with van der Waals surface area (Å²) in [6.45, 7) is 24.7. The van der Waals surface area contributed by atoms with Gasteiger partial charge in [0.1, 0.15) is 0 Å². The fraction of sp³-hybridized carbons (Fsp3) is 1.00. The first-order chi connectivity index (χ1) is 9.57. The summed E-state index contributed by atoms with van der Waals surface area (Å²) in [5.41, 5.74) is 0. The zero-order valence-electron chi connectivity index (χ0n) is 15.8. The minimum atomic E-state index is 0. The normalized spacial score (nSPS) is 12.3. The molecule has 21 heavy (non-hydrogen) atoms. The summed E-state index contributed by atoms with van der Waals surface area (Å²) in [5, 5.41) is 0. The average Bonchev–Trinajstić information content (AvgIpc) is 2.52. The van der Waals surface area contributed by atoms with Crippen LogP contribution < -0.4 is 17.0 Å². The molecule has 0 aliphatic rings. The second kappa shape index (κ2) is 12.9. The summed E-state index contributed by atoms with van der Waals surface area (Å²) in [4.78, 5) is 0. The third kappa shape index (κ3) is 7.99. The number of hydrogen-bond donors (Lipinski definition) is 0. The summed E-state index contributed by atoms with van der Waals surface area (Å²) in [7, 11) is 0. The highest BCUT2D eigenvalue weighted by atomic mass is 79.9. The molecule has 0 bridgehead atoms. The van der Waals surface area contributed by atoms with E-state index >= 15 is 0 Å². The number of unbranched alkanes of at least 4 members (excludes halogenated alkanes) is 3. The lowest BCUT2D eigenvalue weighted by atomic mass is 10.1. The molecule has 130 valence electrons. The predicted octanol–water partition coefficient (Wildman–Crippen LogP) is 1.30. The van der Waals surface area contributed by atoms with Crippen molar-refractivity contribution in [3.8, 4) is 0 Å². The van der Waals surface area contributed by atoms with Crippen molar-refractivity contribution >= 4 is 0 Å². The van der Waals surface area contributed by atoms with E-state index < -0.39 is 0 Å². The Balaban J connectivity index is 0. The highest BCUT2D eigenvalue weighted by molar-refractivity contribution is 4.47. The molecule has 0 aliphatic carbocycles. The van der Waals surface area contributed by atoms with Gasteiger partial charge in [-0.15, -0.1) is 0 Å². The topological polar surface area (TPSA) is 0 Å². The van der Waals surface area contributed by atoms with Crippen LogP contribution in [-0.2, 0) is 0 Å². The summed E-state index contributed by atoms with van der Waals surface area (Å²) < 4.78 is 2.64. The average molecular weight is 366 g/mol. The van der Waals surface area contributed by atoms with E-state index in [1.54, 1.807) is 0 Å². The van der Waals surface area contributed by atoms with Gasteiger partial charge in [-0.05, 0) is 67.2 Å². The van der Waals surface area contributed by atoms with Crippen molar-refractivity contribution in [1.29, 1.82) is 0 Å². The SMILES string of the molecule is CC[N+](CC)(CC)CCCCCC[N+](CC)(CC)CC.[Br-]. The fourth-order valence-electron chi connectivity index (χ4n) is 3.54. The fourth-order valence-corrected chi connectivity index (χ4v) is 3.54. The molecule has 0 heterocycles. The molecule has 0 unspecified atom stereocenters. The monoisotopic (exact) mass is 365 g/mol. The summed E-state index contributed by atoms with van der Waals surface area (Å²) in [5.74, 6) is 0. The highest BCUT2D eigenvalue weighted by Crippen LogP contribution is 2.13. The zero-order chi connectivity index (χ0) is 15.5. The van der Waals surface area contributed by atoms with Gasteiger partial charge < -0.3 is 25.9 Å². The summed E-state index contributed by atoms with van der Waals surface area (Å²) in [6, 6.07) is 0. The third-order valence-corrected chi connectivity index (χ3v) is 6.04. The second-order valence-electron chi connectivity index (χ2n) is 6.44. The molecule has 3 heteroatoms. The molecule has 0 rings (SSSR count). The number of halogens is 1. The van der Waals surface area contributed by atoms with E-state index in [0.29, 0.717) is 0 Å². The lowest BCUT2D eigenvalue weighted by Crippen LogP contribution is -3.00. The summed E-state index contributed by atoms with van der Waals surface area (Å²) in [6.07, 6.45) is 5.69. The molecular formula is C18H42BrN2+. The lowest BCUT2D eigenvalue weighted by Gasteiger charge is -2.36. The molecule has 0 atom stereocenters. The van der Waals surface area contributed by atoms with Gasteiger partial charge in [-0.2, -0.15) is 0 Å². The first-order valence-electron chi connectivity index (χ1n) is 9.27. The minimum Gasteiger partial charge on any atom is -1.00 e. The quantitative estimate of drug-likeness (QED) is 0.341. The van der Waals surface area contributed by atoms with Crippen LogP contribution in [0.5, 0.6) is 0 Å². The van der Waals surface area contributed by atoms with Crippen molar-refractivity contribution in [3.63, 3.8) is 0 Å². The van der Waals surface area contributed by atoms with E-state index in [2.05, 4.69) is 41.5 Å². The van der Waals surface area contributed by atoms with Crippen LogP contribution in [0.1, 0.15) is 67.2 Å². The number of nitrogens with zero attached hydrogens (tertiary/aromatic N) is 2. The van der Waals surface area contributed by atoms with Crippen LogP contribution in [0, 0.1) is 0 Å². The highest BCUT2D eigenvalue weighted by Gasteiger charge is 2.21. The molecule has 0 radical (unpaired) electrons. The standard InChI is InChI=1S/C18H42N2.BrH/c1-7-19(8-2,9-3)17-15-13-14-16-18-20(10-4,11-5)12-6;/h7-18H2,1-6H3;1H/q+2;/p-1. The Morgan fingerprint density at radius 2 is 0.667 bits per heavy atom. The maximum absolute atomic E-state index is 2.35. The predicted molar refractivity (Wildman–Crippen MR) is 92.0 cm³/mol. The minimum absolute atomic E-state index is 0. The maximum Gasteiger partial charge on any atom is 0.0786 e. The van der Waals surface area contributed by atoms with Crippen LogP contribution >= 0.6 is 0 Å². The Hall–Kier alpha value is 0.400. The third-order valence-electron chi connectivity index (χ3n) is 6.04. The van der Waals surface area contributed by atoms with Crippen LogP contribution in [0.4, 0.5) is 0 Å². The van der Waals surface area contributed by atoms with Gasteiger partial charge in [0.25, 0.3) is 0 Å². The van der Waals surface area contributed by atoms with Gasteiger partial charge in [0.15, 0.2) is 0 Å². The number of rotatable bonds is 13. The van der Waals surface area contributed by atoms with Gasteiger partial charge in [-0.25, -0.2) is 0 Å². The Labute approximate surface area is 145 Å². The van der Waals surface area contributed by atoms with Crippen LogP contribution in [0.25, 0.3) is 0 Å². The Morgan fingerprint density at radius 3 is 0.857 bits per heavy atom. The Bertz CT molecular complexity index is 183. The first kappa shape index (κ1) is 23.7. The molecule has 0 N–H and O–H groups in total. The van der Waals surface area contributed by atoms with Crippen molar-refractivity contribution in [2.24, 2.45) is 0 Å². The molecule has 0 aromatic carbocycles. The number of quaternary nitrogens is 2. The molecule has 0 spiro atoms. The van der Waals surface area contributed by atoms with Gasteiger partial charge in [0.05, 0.1) is 52.4 Å². The van der Waals surface area contributed by atoms with Crippen LogP contribution in [-0.4, -0.2) is 61.3 Å². The second-order valence-corrected chi connectivity index (χ2v) is 6.44. The summed E-state index contributed by atoms with van der Waals surface area (Å²) >= 11 is 0. The van der Waals surface area contributed by atoms with Crippen LogP contribution in [0.15, 0.2) is 0 Å². The molecule has 0 aromatic rings. The van der Waals surface area contributed by atoms with Crippen molar-refractivity contribution in [1.82, 2.24) is 0 Å². The van der Waals surface area contributed by atoms with Gasteiger partial charge in [-0.1, -0.05) is 0 Å². The molecule has 0 aliphatic heterocycles. The molecule has 0 saturated heterocycles. The van der Waals surface area contributed by atoms with Crippen molar-refractivity contribution in [3.05, 3.63) is 0 Å². The molecule has 0 fully saturated rings. The van der Waals surface area contributed by atoms with E-state index in [4.69, 9.17) is 0 Å². The largest absolute Gasteiger partial charge is 1.00 e. The van der Waals surface area contributed by atoms with Crippen molar-refractivity contribution in [2.75, 3.05) is 52.4 Å². The Morgan fingerprint density at radius 1 is 0.429 bits per heavy atom. The van der Waals surface area contributed by atoms with E-state index in [0.717, 1.165) is 0 Å². The first-order valence-corrected chi connectivity index (χ1v) is 9.27. The van der Waals surface area contributed by atoms with E-state index in [-0.39, 0.29) is 17.0 Å². The molecule has 0 amide bonds. The van der Waals surface area contributed by atoms with Gasteiger partial charge in [0, 0.05) is 0 Å². The van der Waals surface area contributed by atoms with E-state index in [1.807, 2.05) is 0 Å². The van der Waals surface area contributed by atoms with Gasteiger partial charge >= 0.3 is 0 Å². The maximum atomic E-state index is 2.35. The molecule has 0 saturated carbocycles. The van der Waals surface area contributed by atoms with Gasteiger partial charge in [-0.3, -0.25) is 0 Å². The van der Waals surface area contributed by atoms with Crippen LogP contribution in [0.3, 0.4) is 0 Å². The zero-order valence-corrected chi connectivity index (χ0v) is 17.3. The van der Waals surface area contributed by atoms with E-state index in [9.17, 15) is 0 Å². The van der Waals surface area contributed by atoms with Crippen molar-refractivity contribution in [2.45, 2.75) is 67.2 Å². The molecule has 0 aromatic heterocycles. The smallest absolute Gasteiger partial charge is 0.0786 e. The number of hydrogen-bond acceptors (Lipinski definition) is 0. The molecular weight excluding hydrogens is 324 g/mol. The lowest BCUT2D eigenvalue weighted by molar-refractivity contribution is -0.924. The van der Waals surface area contributed by atoms with E-state index in [1.165, 1.54) is 87.0 Å². The van der Waals surface area contributed by atoms with Crippen molar-refractivity contribution < 1.29 is 25.9 Å². The van der Waals surface area contributed by atoms with Gasteiger partial charge in [0.2, 0.25) is 0 Å².